The van der Waals surface area contributed by atoms with Gasteiger partial charge in [0.2, 0.25) is 0 Å². The molecule has 2 rings (SSSR count). The first-order valence-electron chi connectivity index (χ1n) is 6.83. The maximum Gasteiger partial charge on any atom is 0.0426 e. The molecule has 0 heterocycles. The minimum atomic E-state index is 0.815. The highest BCUT2D eigenvalue weighted by Crippen LogP contribution is 2.17. The van der Waals surface area contributed by atoms with Crippen LogP contribution in [0.25, 0.3) is 0 Å². The molecule has 2 aromatic carbocycles. The first-order chi connectivity index (χ1) is 9.19. The number of hydrogen-bond donors (Lipinski definition) is 1. The summed E-state index contributed by atoms with van der Waals surface area (Å²) in [4.78, 5) is 2.25. The van der Waals surface area contributed by atoms with Crippen LogP contribution in [0.15, 0.2) is 48.5 Å². The zero-order chi connectivity index (χ0) is 13.7. The third-order valence-electron chi connectivity index (χ3n) is 3.32. The second-order valence-corrected chi connectivity index (χ2v) is 5.01. The van der Waals surface area contributed by atoms with E-state index in [4.69, 9.17) is 5.73 Å². The summed E-state index contributed by atoms with van der Waals surface area (Å²) >= 11 is 0. The lowest BCUT2D eigenvalue weighted by atomic mass is 10.1. The molecule has 2 N–H and O–H groups in total. The molecule has 100 valence electrons. The number of aryl methyl sites for hydroxylation is 1. The fourth-order valence-corrected chi connectivity index (χ4v) is 2.19. The normalized spacial score (nSPS) is 10.4. The number of benzene rings is 2. The SMILES string of the molecule is CCCc1ccc(N(C)Cc2ccc(N)cc2)cc1. The van der Waals surface area contributed by atoms with Crippen molar-refractivity contribution in [3.05, 3.63) is 59.7 Å². The molecule has 0 saturated heterocycles. The predicted octanol–water partition coefficient (Wildman–Crippen LogP) is 3.86. The quantitative estimate of drug-likeness (QED) is 0.821. The van der Waals surface area contributed by atoms with E-state index < -0.39 is 0 Å². The standard InChI is InChI=1S/C17H22N2/c1-3-4-14-7-11-17(12-8-14)19(2)13-15-5-9-16(18)10-6-15/h5-12H,3-4,13,18H2,1-2H3. The molecule has 2 nitrogen and oxygen atoms in total. The van der Waals surface area contributed by atoms with Crippen LogP contribution < -0.4 is 10.6 Å². The minimum absolute atomic E-state index is 0.815. The van der Waals surface area contributed by atoms with Crippen LogP contribution in [0.4, 0.5) is 11.4 Å². The lowest BCUT2D eigenvalue weighted by Crippen LogP contribution is -2.16. The monoisotopic (exact) mass is 254 g/mol. The Morgan fingerprint density at radius 2 is 1.47 bits per heavy atom. The van der Waals surface area contributed by atoms with Crippen LogP contribution in [-0.4, -0.2) is 7.05 Å². The highest BCUT2D eigenvalue weighted by atomic mass is 15.1. The molecule has 0 aliphatic rings. The van der Waals surface area contributed by atoms with E-state index in [-0.39, 0.29) is 0 Å². The van der Waals surface area contributed by atoms with Crippen molar-refractivity contribution in [2.45, 2.75) is 26.3 Å². The van der Waals surface area contributed by atoms with Gasteiger partial charge < -0.3 is 10.6 Å². The molecule has 0 fully saturated rings. The number of nitrogen functional groups attached to an aromatic ring is 1. The molecule has 2 aromatic rings. The molecule has 0 spiro atoms. The van der Waals surface area contributed by atoms with Crippen LogP contribution >= 0.6 is 0 Å². The number of rotatable bonds is 5. The van der Waals surface area contributed by atoms with Crippen LogP contribution in [0.3, 0.4) is 0 Å². The van der Waals surface area contributed by atoms with Crippen LogP contribution in [-0.2, 0) is 13.0 Å². The molecule has 2 heteroatoms. The zero-order valence-corrected chi connectivity index (χ0v) is 11.8. The second kappa shape index (κ2) is 6.28. The van der Waals surface area contributed by atoms with Gasteiger partial charge in [-0.2, -0.15) is 0 Å². The number of hydrogen-bond acceptors (Lipinski definition) is 2. The van der Waals surface area contributed by atoms with Crippen LogP contribution in [0.2, 0.25) is 0 Å². The van der Waals surface area contributed by atoms with Gasteiger partial charge in [-0.3, -0.25) is 0 Å². The smallest absolute Gasteiger partial charge is 0.0426 e. The Kier molecular flexibility index (Phi) is 4.45. The van der Waals surface area contributed by atoms with E-state index in [0.29, 0.717) is 0 Å². The summed E-state index contributed by atoms with van der Waals surface area (Å²) in [6.45, 7) is 3.11. The van der Waals surface area contributed by atoms with Gasteiger partial charge in [0.05, 0.1) is 0 Å². The molecule has 0 saturated carbocycles. The van der Waals surface area contributed by atoms with Crippen LogP contribution in [0.5, 0.6) is 0 Å². The molecule has 0 unspecified atom stereocenters. The first-order valence-corrected chi connectivity index (χ1v) is 6.83. The average molecular weight is 254 g/mol. The lowest BCUT2D eigenvalue weighted by molar-refractivity contribution is 0.908. The summed E-state index contributed by atoms with van der Waals surface area (Å²) in [6.07, 6.45) is 2.35. The summed E-state index contributed by atoms with van der Waals surface area (Å²) in [5, 5.41) is 0. The van der Waals surface area contributed by atoms with E-state index in [1.807, 2.05) is 12.1 Å². The summed E-state index contributed by atoms with van der Waals surface area (Å²) in [7, 11) is 2.12. The van der Waals surface area contributed by atoms with Gasteiger partial charge in [0.1, 0.15) is 0 Å². The molecule has 0 amide bonds. The van der Waals surface area contributed by atoms with Gasteiger partial charge in [-0.15, -0.1) is 0 Å². The number of anilines is 2. The molecular weight excluding hydrogens is 232 g/mol. The van der Waals surface area contributed by atoms with Gasteiger partial charge in [0.25, 0.3) is 0 Å². The highest BCUT2D eigenvalue weighted by Gasteiger charge is 2.02. The Hall–Kier alpha value is -1.96. The average Bonchev–Trinajstić information content (AvgIpc) is 2.42. The Morgan fingerprint density at radius 1 is 0.895 bits per heavy atom. The Labute approximate surface area is 115 Å². The van der Waals surface area contributed by atoms with Gasteiger partial charge in [0.15, 0.2) is 0 Å². The molecular formula is C17H22N2. The van der Waals surface area contributed by atoms with E-state index in [9.17, 15) is 0 Å². The van der Waals surface area contributed by atoms with Gasteiger partial charge in [-0.1, -0.05) is 37.6 Å². The van der Waals surface area contributed by atoms with Gasteiger partial charge in [-0.25, -0.2) is 0 Å². The van der Waals surface area contributed by atoms with Gasteiger partial charge in [0, 0.05) is 25.0 Å². The van der Waals surface area contributed by atoms with Gasteiger partial charge in [-0.05, 0) is 41.8 Å². The van der Waals surface area contributed by atoms with E-state index in [0.717, 1.165) is 18.7 Å². The van der Waals surface area contributed by atoms with E-state index in [1.165, 1.54) is 23.2 Å². The molecule has 0 radical (unpaired) electrons. The Morgan fingerprint density at radius 3 is 2.05 bits per heavy atom. The minimum Gasteiger partial charge on any atom is -0.399 e. The topological polar surface area (TPSA) is 29.3 Å². The fourth-order valence-electron chi connectivity index (χ4n) is 2.19. The number of nitrogens with zero attached hydrogens (tertiary/aromatic N) is 1. The third-order valence-corrected chi connectivity index (χ3v) is 3.32. The molecule has 0 bridgehead atoms. The van der Waals surface area contributed by atoms with Gasteiger partial charge >= 0.3 is 0 Å². The molecule has 19 heavy (non-hydrogen) atoms. The Balaban J connectivity index is 2.02. The van der Waals surface area contributed by atoms with Crippen LogP contribution in [0.1, 0.15) is 24.5 Å². The van der Waals surface area contributed by atoms with E-state index in [1.54, 1.807) is 0 Å². The highest BCUT2D eigenvalue weighted by molar-refractivity contribution is 5.48. The van der Waals surface area contributed by atoms with Crippen molar-refractivity contribution >= 4 is 11.4 Å². The summed E-state index contributed by atoms with van der Waals surface area (Å²) in [5.74, 6) is 0. The third kappa shape index (κ3) is 3.75. The Bertz CT molecular complexity index is 500. The maximum absolute atomic E-state index is 5.70. The summed E-state index contributed by atoms with van der Waals surface area (Å²) < 4.78 is 0. The largest absolute Gasteiger partial charge is 0.399 e. The number of nitrogens with two attached hydrogens (primary N) is 1. The van der Waals surface area contributed by atoms with Crippen LogP contribution in [0, 0.1) is 0 Å². The van der Waals surface area contributed by atoms with Crippen molar-refractivity contribution in [2.75, 3.05) is 17.7 Å². The van der Waals surface area contributed by atoms with E-state index in [2.05, 4.69) is 55.3 Å². The molecule has 0 aliphatic heterocycles. The lowest BCUT2D eigenvalue weighted by Gasteiger charge is -2.20. The first kappa shape index (κ1) is 13.5. The summed E-state index contributed by atoms with van der Waals surface area (Å²) in [5.41, 5.74) is 10.4. The van der Waals surface area contributed by atoms with Crippen molar-refractivity contribution in [1.29, 1.82) is 0 Å². The van der Waals surface area contributed by atoms with Crippen molar-refractivity contribution in [3.8, 4) is 0 Å². The zero-order valence-electron chi connectivity index (χ0n) is 11.8. The molecule has 0 aliphatic carbocycles. The molecule has 0 atom stereocenters. The van der Waals surface area contributed by atoms with Crippen molar-refractivity contribution in [1.82, 2.24) is 0 Å². The fraction of sp³-hybridized carbons (Fsp3) is 0.294. The van der Waals surface area contributed by atoms with Crippen molar-refractivity contribution in [2.24, 2.45) is 0 Å². The van der Waals surface area contributed by atoms with Crippen molar-refractivity contribution in [3.63, 3.8) is 0 Å². The summed E-state index contributed by atoms with van der Waals surface area (Å²) in [6, 6.07) is 16.9. The molecule has 0 aromatic heterocycles. The second-order valence-electron chi connectivity index (χ2n) is 5.01. The maximum atomic E-state index is 5.70. The van der Waals surface area contributed by atoms with E-state index >= 15 is 0 Å². The predicted molar refractivity (Wildman–Crippen MR) is 83.4 cm³/mol. The van der Waals surface area contributed by atoms with Crippen molar-refractivity contribution < 1.29 is 0 Å².